The third-order valence-electron chi connectivity index (χ3n) is 5.36. The number of imidazole rings is 1. The molecule has 0 unspecified atom stereocenters. The highest BCUT2D eigenvalue weighted by atomic mass is 19.1. The number of nitrogens with one attached hydrogen (secondary N) is 2. The summed E-state index contributed by atoms with van der Waals surface area (Å²) in [7, 11) is 0. The number of H-pyrrole nitrogens is 2. The molecule has 0 spiro atoms. The molecule has 1 aromatic heterocycles. The molecule has 1 aliphatic heterocycles. The van der Waals surface area contributed by atoms with Gasteiger partial charge in [0.2, 0.25) is 0 Å². The van der Waals surface area contributed by atoms with Crippen molar-refractivity contribution in [3.63, 3.8) is 0 Å². The summed E-state index contributed by atoms with van der Waals surface area (Å²) in [6.07, 6.45) is 7.70. The average Bonchev–Trinajstić information content (AvgIpc) is 3.04. The van der Waals surface area contributed by atoms with Crippen molar-refractivity contribution in [3.05, 3.63) is 76.0 Å². The Hall–Kier alpha value is -2.66. The molecule has 1 aliphatic rings. The Balaban J connectivity index is 1.26. The maximum Gasteiger partial charge on any atom is 0.323 e. The highest BCUT2D eigenvalue weighted by Gasteiger charge is 2.18. The van der Waals surface area contributed by atoms with Crippen molar-refractivity contribution in [2.75, 3.05) is 19.6 Å². The number of benzene rings is 2. The number of aromatic nitrogens is 2. The molecule has 0 bridgehead atoms. The summed E-state index contributed by atoms with van der Waals surface area (Å²) in [6, 6.07) is 12.8. The van der Waals surface area contributed by atoms with Gasteiger partial charge in [-0.1, -0.05) is 30.4 Å². The summed E-state index contributed by atoms with van der Waals surface area (Å²) < 4.78 is 13.0. The van der Waals surface area contributed by atoms with E-state index in [1.807, 2.05) is 30.3 Å². The molecule has 4 nitrogen and oxygen atoms in total. The fourth-order valence-corrected chi connectivity index (χ4v) is 3.82. The van der Waals surface area contributed by atoms with Gasteiger partial charge in [0.25, 0.3) is 0 Å². The third kappa shape index (κ3) is 4.55. The molecule has 1 saturated heterocycles. The Morgan fingerprint density at radius 1 is 1.04 bits per heavy atom. The van der Waals surface area contributed by atoms with E-state index in [4.69, 9.17) is 0 Å². The van der Waals surface area contributed by atoms with Gasteiger partial charge in [0, 0.05) is 6.54 Å². The Labute approximate surface area is 157 Å². The van der Waals surface area contributed by atoms with E-state index >= 15 is 0 Å². The molecule has 140 valence electrons. The summed E-state index contributed by atoms with van der Waals surface area (Å²) >= 11 is 0. The molecule has 0 aliphatic carbocycles. The normalized spacial score (nSPS) is 16.5. The number of rotatable bonds is 5. The Morgan fingerprint density at radius 3 is 2.56 bits per heavy atom. The lowest BCUT2D eigenvalue weighted by atomic mass is 9.90. The first-order valence-corrected chi connectivity index (χ1v) is 9.51. The number of hydrogen-bond donors (Lipinski definition) is 2. The number of nitrogens with zero attached hydrogens (tertiary/aromatic N) is 1. The Kier molecular flexibility index (Phi) is 5.21. The first kappa shape index (κ1) is 17.7. The first-order chi connectivity index (χ1) is 13.2. The lowest BCUT2D eigenvalue weighted by Crippen LogP contribution is -2.34. The van der Waals surface area contributed by atoms with Crippen LogP contribution in [0.25, 0.3) is 17.1 Å². The average molecular weight is 365 g/mol. The van der Waals surface area contributed by atoms with Crippen molar-refractivity contribution in [2.24, 2.45) is 5.92 Å². The summed E-state index contributed by atoms with van der Waals surface area (Å²) in [5.74, 6) is 0.519. The van der Waals surface area contributed by atoms with Crippen LogP contribution in [0.3, 0.4) is 0 Å². The fraction of sp³-hybridized carbons (Fsp3) is 0.318. The minimum absolute atomic E-state index is 0.164. The van der Waals surface area contributed by atoms with Crippen molar-refractivity contribution in [1.29, 1.82) is 0 Å². The zero-order chi connectivity index (χ0) is 18.6. The number of halogens is 1. The highest BCUT2D eigenvalue weighted by Crippen LogP contribution is 2.22. The molecular weight excluding hydrogens is 341 g/mol. The van der Waals surface area contributed by atoms with E-state index < -0.39 is 0 Å². The number of likely N-dealkylation sites (tertiary alicyclic amines) is 1. The zero-order valence-electron chi connectivity index (χ0n) is 15.2. The van der Waals surface area contributed by atoms with E-state index in [2.05, 4.69) is 27.0 Å². The van der Waals surface area contributed by atoms with E-state index in [0.717, 1.165) is 42.7 Å². The highest BCUT2D eigenvalue weighted by molar-refractivity contribution is 5.77. The van der Waals surface area contributed by atoms with E-state index in [1.165, 1.54) is 18.4 Å². The lowest BCUT2D eigenvalue weighted by Gasteiger charge is -2.31. The zero-order valence-corrected chi connectivity index (χ0v) is 15.2. The van der Waals surface area contributed by atoms with Crippen molar-refractivity contribution < 1.29 is 4.39 Å². The topological polar surface area (TPSA) is 51.9 Å². The molecule has 27 heavy (non-hydrogen) atoms. The maximum absolute atomic E-state index is 13.0. The van der Waals surface area contributed by atoms with Crippen LogP contribution < -0.4 is 5.69 Å². The predicted octanol–water partition coefficient (Wildman–Crippen LogP) is 3.96. The van der Waals surface area contributed by atoms with Gasteiger partial charge < -0.3 is 9.97 Å². The Bertz CT molecular complexity index is 979. The second-order valence-corrected chi connectivity index (χ2v) is 7.36. The number of piperidine rings is 1. The molecule has 4 rings (SSSR count). The number of hydrogen-bond acceptors (Lipinski definition) is 2. The van der Waals surface area contributed by atoms with Crippen molar-refractivity contribution in [1.82, 2.24) is 14.9 Å². The molecule has 0 radical (unpaired) electrons. The molecule has 5 heteroatoms. The number of fused-ring (bicyclic) bond motifs is 1. The van der Waals surface area contributed by atoms with Crippen LogP contribution in [0.15, 0.2) is 53.3 Å². The van der Waals surface area contributed by atoms with E-state index in [9.17, 15) is 9.18 Å². The fourth-order valence-electron chi connectivity index (χ4n) is 3.82. The van der Waals surface area contributed by atoms with E-state index in [1.54, 1.807) is 12.1 Å². The van der Waals surface area contributed by atoms with E-state index in [-0.39, 0.29) is 11.5 Å². The molecule has 2 N–H and O–H groups in total. The molecular formula is C22H24FN3O. The first-order valence-electron chi connectivity index (χ1n) is 9.51. The van der Waals surface area contributed by atoms with Crippen LogP contribution in [0.2, 0.25) is 0 Å². The van der Waals surface area contributed by atoms with Crippen LogP contribution in [-0.4, -0.2) is 34.5 Å². The second-order valence-electron chi connectivity index (χ2n) is 7.36. The second kappa shape index (κ2) is 7.92. The molecule has 3 aromatic rings. The van der Waals surface area contributed by atoms with Crippen LogP contribution in [0.1, 0.15) is 24.0 Å². The van der Waals surface area contributed by atoms with Gasteiger partial charge >= 0.3 is 5.69 Å². The Morgan fingerprint density at radius 2 is 1.78 bits per heavy atom. The van der Waals surface area contributed by atoms with Crippen molar-refractivity contribution >= 4 is 17.1 Å². The van der Waals surface area contributed by atoms with Gasteiger partial charge in [0.05, 0.1) is 11.0 Å². The number of aromatic amines is 2. The van der Waals surface area contributed by atoms with Gasteiger partial charge in [-0.2, -0.15) is 0 Å². The van der Waals surface area contributed by atoms with Gasteiger partial charge in [-0.3, -0.25) is 4.90 Å². The minimum atomic E-state index is -0.172. The van der Waals surface area contributed by atoms with Crippen LogP contribution in [-0.2, 0) is 6.42 Å². The maximum atomic E-state index is 13.0. The van der Waals surface area contributed by atoms with Gasteiger partial charge in [-0.05, 0) is 73.7 Å². The van der Waals surface area contributed by atoms with Crippen LogP contribution in [0, 0.1) is 11.7 Å². The standard InChI is InChI=1S/C22H24FN3O/c23-19-6-3-17(4-7-19)14-18-9-12-26(13-10-18)11-1-2-16-5-8-20-21(15-16)25-22(27)24-20/h1-8,15,18H,9-14H2,(H2,24,25,27)/b2-1+. The van der Waals surface area contributed by atoms with Gasteiger partial charge in [0.1, 0.15) is 5.82 Å². The lowest BCUT2D eigenvalue weighted by molar-refractivity contribution is 0.200. The SMILES string of the molecule is O=c1[nH]c2ccc(/C=C/CN3CCC(Cc4ccc(F)cc4)CC3)cc2[nH]1. The largest absolute Gasteiger partial charge is 0.323 e. The predicted molar refractivity (Wildman–Crippen MR) is 107 cm³/mol. The molecule has 1 fully saturated rings. The molecule has 0 saturated carbocycles. The minimum Gasteiger partial charge on any atom is -0.306 e. The molecule has 0 atom stereocenters. The van der Waals surface area contributed by atoms with Crippen LogP contribution in [0.4, 0.5) is 4.39 Å². The summed E-state index contributed by atoms with van der Waals surface area (Å²) in [6.45, 7) is 3.13. The molecule has 2 heterocycles. The molecule has 0 amide bonds. The monoisotopic (exact) mass is 365 g/mol. The van der Waals surface area contributed by atoms with Crippen molar-refractivity contribution in [2.45, 2.75) is 19.3 Å². The van der Waals surface area contributed by atoms with Crippen LogP contribution >= 0.6 is 0 Å². The van der Waals surface area contributed by atoms with Gasteiger partial charge in [-0.15, -0.1) is 0 Å². The smallest absolute Gasteiger partial charge is 0.306 e. The quantitative estimate of drug-likeness (QED) is 0.719. The summed E-state index contributed by atoms with van der Waals surface area (Å²) in [5, 5.41) is 0. The van der Waals surface area contributed by atoms with Gasteiger partial charge in [0.15, 0.2) is 0 Å². The van der Waals surface area contributed by atoms with Gasteiger partial charge in [-0.25, -0.2) is 9.18 Å². The summed E-state index contributed by atoms with van der Waals surface area (Å²) in [5.41, 5.74) is 3.82. The summed E-state index contributed by atoms with van der Waals surface area (Å²) in [4.78, 5) is 19.3. The van der Waals surface area contributed by atoms with E-state index in [0.29, 0.717) is 5.92 Å². The third-order valence-corrected chi connectivity index (χ3v) is 5.36. The van der Waals surface area contributed by atoms with Crippen molar-refractivity contribution in [3.8, 4) is 0 Å². The van der Waals surface area contributed by atoms with Crippen LogP contribution in [0.5, 0.6) is 0 Å². The molecule has 2 aromatic carbocycles.